The third kappa shape index (κ3) is 3.61. The lowest BCUT2D eigenvalue weighted by molar-refractivity contribution is 0.0491. The van der Waals surface area contributed by atoms with Crippen LogP contribution in [0.1, 0.15) is 36.7 Å². The number of hydrogen-bond donors (Lipinski definition) is 0. The zero-order valence-corrected chi connectivity index (χ0v) is 10.8. The Morgan fingerprint density at radius 3 is 3.00 bits per heavy atom. The fraction of sp³-hybridized carbons (Fsp3) is 0.385. The van der Waals surface area contributed by atoms with Crippen molar-refractivity contribution < 1.29 is 9.53 Å². The minimum absolute atomic E-state index is 0.196. The maximum absolute atomic E-state index is 11.7. The van der Waals surface area contributed by atoms with Gasteiger partial charge in [0.05, 0.1) is 12.8 Å². The Bertz CT molecular complexity index is 524. The first-order chi connectivity index (χ1) is 9.31. The van der Waals surface area contributed by atoms with E-state index in [9.17, 15) is 4.79 Å². The summed E-state index contributed by atoms with van der Waals surface area (Å²) < 4.78 is 6.55. The number of carbonyl (C=O) groups is 1. The summed E-state index contributed by atoms with van der Waals surface area (Å²) in [5.74, 6) is 0.165. The van der Waals surface area contributed by atoms with Crippen LogP contribution in [-0.4, -0.2) is 32.6 Å². The molecular weight excluding hydrogens is 244 g/mol. The van der Waals surface area contributed by atoms with Crippen LogP contribution in [0, 0.1) is 0 Å². The van der Waals surface area contributed by atoms with Gasteiger partial charge in [-0.05, 0) is 18.6 Å². The van der Waals surface area contributed by atoms with E-state index in [1.165, 1.54) is 10.9 Å². The molecule has 0 saturated heterocycles. The van der Waals surface area contributed by atoms with Gasteiger partial charge < -0.3 is 4.74 Å². The van der Waals surface area contributed by atoms with E-state index < -0.39 is 5.97 Å². The quantitative estimate of drug-likeness (QED) is 0.587. The standard InChI is InChI=1S/C13H16N4O2/c1-2-3-6-9-19-13(18)11-10-17(16-15-11)12-7-4-5-8-14-12/h4-5,7-8,10H,2-3,6,9H2,1H3. The molecule has 19 heavy (non-hydrogen) atoms. The largest absolute Gasteiger partial charge is 0.461 e. The number of hydrogen-bond acceptors (Lipinski definition) is 5. The number of aromatic nitrogens is 4. The van der Waals surface area contributed by atoms with Gasteiger partial charge in [-0.3, -0.25) is 0 Å². The number of carbonyl (C=O) groups excluding carboxylic acids is 1. The van der Waals surface area contributed by atoms with Gasteiger partial charge in [-0.1, -0.05) is 31.0 Å². The Morgan fingerprint density at radius 2 is 2.26 bits per heavy atom. The second kappa shape index (κ2) is 6.63. The zero-order chi connectivity index (χ0) is 13.5. The Kier molecular flexibility index (Phi) is 4.60. The molecule has 0 fully saturated rings. The Balaban J connectivity index is 1.95. The summed E-state index contributed by atoms with van der Waals surface area (Å²) in [6.45, 7) is 2.52. The van der Waals surface area contributed by atoms with Crippen molar-refractivity contribution in [1.82, 2.24) is 20.0 Å². The van der Waals surface area contributed by atoms with E-state index >= 15 is 0 Å². The average molecular weight is 260 g/mol. The molecule has 2 heterocycles. The molecule has 100 valence electrons. The summed E-state index contributed by atoms with van der Waals surface area (Å²) >= 11 is 0. The van der Waals surface area contributed by atoms with E-state index in [1.54, 1.807) is 12.3 Å². The van der Waals surface area contributed by atoms with Crippen LogP contribution in [0.5, 0.6) is 0 Å². The number of ether oxygens (including phenoxy) is 1. The summed E-state index contributed by atoms with van der Waals surface area (Å²) in [4.78, 5) is 15.8. The van der Waals surface area contributed by atoms with Gasteiger partial charge in [-0.2, -0.15) is 0 Å². The Labute approximate surface area is 111 Å². The van der Waals surface area contributed by atoms with Crippen molar-refractivity contribution >= 4 is 5.97 Å². The summed E-state index contributed by atoms with van der Waals surface area (Å²) in [7, 11) is 0. The lowest BCUT2D eigenvalue weighted by Crippen LogP contribution is -2.06. The highest BCUT2D eigenvalue weighted by atomic mass is 16.5. The highest BCUT2D eigenvalue weighted by molar-refractivity contribution is 5.86. The van der Waals surface area contributed by atoms with Crippen LogP contribution >= 0.6 is 0 Å². The number of rotatable bonds is 6. The predicted octanol–water partition coefficient (Wildman–Crippen LogP) is 2.01. The molecule has 0 aromatic carbocycles. The number of pyridine rings is 1. The van der Waals surface area contributed by atoms with Crippen molar-refractivity contribution in [2.24, 2.45) is 0 Å². The van der Waals surface area contributed by atoms with Crippen molar-refractivity contribution in [3.8, 4) is 5.82 Å². The lowest BCUT2D eigenvalue weighted by Gasteiger charge is -2.00. The molecule has 0 atom stereocenters. The fourth-order valence-corrected chi connectivity index (χ4v) is 1.55. The maximum Gasteiger partial charge on any atom is 0.360 e. The molecule has 0 saturated carbocycles. The zero-order valence-electron chi connectivity index (χ0n) is 10.8. The SMILES string of the molecule is CCCCCOC(=O)c1cn(-c2ccccn2)nn1. The molecule has 2 aromatic rings. The van der Waals surface area contributed by atoms with Gasteiger partial charge in [-0.25, -0.2) is 14.5 Å². The van der Waals surface area contributed by atoms with E-state index in [0.29, 0.717) is 12.4 Å². The van der Waals surface area contributed by atoms with Crippen molar-refractivity contribution in [1.29, 1.82) is 0 Å². The van der Waals surface area contributed by atoms with Crippen molar-refractivity contribution in [3.63, 3.8) is 0 Å². The highest BCUT2D eigenvalue weighted by Crippen LogP contribution is 2.04. The predicted molar refractivity (Wildman–Crippen MR) is 69.0 cm³/mol. The minimum atomic E-state index is -0.446. The van der Waals surface area contributed by atoms with E-state index in [-0.39, 0.29) is 5.69 Å². The molecule has 2 rings (SSSR count). The lowest BCUT2D eigenvalue weighted by atomic mass is 10.3. The molecule has 6 nitrogen and oxygen atoms in total. The molecule has 0 amide bonds. The second-order valence-electron chi connectivity index (χ2n) is 4.08. The van der Waals surface area contributed by atoms with Gasteiger partial charge in [0.25, 0.3) is 0 Å². The summed E-state index contributed by atoms with van der Waals surface area (Å²) in [5.41, 5.74) is 0.196. The van der Waals surface area contributed by atoms with Crippen molar-refractivity contribution in [3.05, 3.63) is 36.3 Å². The van der Waals surface area contributed by atoms with Gasteiger partial charge in [-0.15, -0.1) is 5.10 Å². The normalized spacial score (nSPS) is 10.4. The number of esters is 1. The first kappa shape index (κ1) is 13.2. The molecule has 0 aliphatic carbocycles. The van der Waals surface area contributed by atoms with Gasteiger partial charge in [0, 0.05) is 6.20 Å². The third-order valence-corrected chi connectivity index (χ3v) is 2.57. The first-order valence-corrected chi connectivity index (χ1v) is 6.32. The minimum Gasteiger partial charge on any atom is -0.461 e. The molecule has 0 radical (unpaired) electrons. The summed E-state index contributed by atoms with van der Waals surface area (Å²) in [5, 5.41) is 7.65. The molecule has 6 heteroatoms. The topological polar surface area (TPSA) is 69.9 Å². The van der Waals surface area contributed by atoms with Crippen LogP contribution in [-0.2, 0) is 4.74 Å². The summed E-state index contributed by atoms with van der Waals surface area (Å²) in [6, 6.07) is 5.43. The molecule has 0 bridgehead atoms. The average Bonchev–Trinajstić information content (AvgIpc) is 2.94. The van der Waals surface area contributed by atoms with Crippen LogP contribution in [0.3, 0.4) is 0 Å². The second-order valence-corrected chi connectivity index (χ2v) is 4.08. The van der Waals surface area contributed by atoms with Crippen LogP contribution in [0.25, 0.3) is 5.82 Å². The smallest absolute Gasteiger partial charge is 0.360 e. The van der Waals surface area contributed by atoms with E-state index in [0.717, 1.165) is 19.3 Å². The molecule has 2 aromatic heterocycles. The molecular formula is C13H16N4O2. The van der Waals surface area contributed by atoms with Gasteiger partial charge >= 0.3 is 5.97 Å². The van der Waals surface area contributed by atoms with Crippen LogP contribution in [0.15, 0.2) is 30.6 Å². The van der Waals surface area contributed by atoms with Crippen molar-refractivity contribution in [2.75, 3.05) is 6.61 Å². The van der Waals surface area contributed by atoms with E-state index in [1.807, 2.05) is 12.1 Å². The third-order valence-electron chi connectivity index (χ3n) is 2.57. The molecule has 0 aliphatic rings. The number of nitrogens with zero attached hydrogens (tertiary/aromatic N) is 4. The van der Waals surface area contributed by atoms with Crippen molar-refractivity contribution in [2.45, 2.75) is 26.2 Å². The highest BCUT2D eigenvalue weighted by Gasteiger charge is 2.12. The molecule has 0 spiro atoms. The van der Waals surface area contributed by atoms with Gasteiger partial charge in [0.15, 0.2) is 11.5 Å². The van der Waals surface area contributed by atoms with Crippen LogP contribution in [0.4, 0.5) is 0 Å². The monoisotopic (exact) mass is 260 g/mol. The molecule has 0 N–H and O–H groups in total. The van der Waals surface area contributed by atoms with E-state index in [4.69, 9.17) is 4.74 Å². The fourth-order valence-electron chi connectivity index (χ4n) is 1.55. The van der Waals surface area contributed by atoms with Crippen LogP contribution in [0.2, 0.25) is 0 Å². The molecule has 0 unspecified atom stereocenters. The van der Waals surface area contributed by atoms with Gasteiger partial charge in [0.2, 0.25) is 0 Å². The molecule has 0 aliphatic heterocycles. The van der Waals surface area contributed by atoms with Gasteiger partial charge in [0.1, 0.15) is 0 Å². The van der Waals surface area contributed by atoms with Crippen LogP contribution < -0.4 is 0 Å². The maximum atomic E-state index is 11.7. The number of unbranched alkanes of at least 4 members (excludes halogenated alkanes) is 2. The Hall–Kier alpha value is -2.24. The first-order valence-electron chi connectivity index (χ1n) is 6.32. The Morgan fingerprint density at radius 1 is 1.37 bits per heavy atom. The van der Waals surface area contributed by atoms with E-state index in [2.05, 4.69) is 22.2 Å². The summed E-state index contributed by atoms with van der Waals surface area (Å²) in [6.07, 6.45) is 6.18.